The van der Waals surface area contributed by atoms with Crippen molar-refractivity contribution in [1.82, 2.24) is 0 Å². The minimum absolute atomic E-state index is 0.0116. The maximum atomic E-state index is 13.3. The van der Waals surface area contributed by atoms with Crippen LogP contribution in [0.4, 0.5) is 0 Å². The predicted molar refractivity (Wildman–Crippen MR) is 109 cm³/mol. The summed E-state index contributed by atoms with van der Waals surface area (Å²) in [6, 6.07) is 19.4. The maximum absolute atomic E-state index is 13.3. The van der Waals surface area contributed by atoms with Crippen LogP contribution in [0, 0.1) is 0 Å². The van der Waals surface area contributed by atoms with Gasteiger partial charge in [-0.25, -0.2) is 4.79 Å². The summed E-state index contributed by atoms with van der Waals surface area (Å²) in [5.74, 6) is -0.572. The Morgan fingerprint density at radius 1 is 1.03 bits per heavy atom. The molecule has 2 aliphatic rings. The van der Waals surface area contributed by atoms with E-state index in [1.165, 1.54) is 0 Å². The number of benzene rings is 2. The summed E-state index contributed by atoms with van der Waals surface area (Å²) in [4.78, 5) is 26.0. The Morgan fingerprint density at radius 3 is 2.28 bits per heavy atom. The lowest BCUT2D eigenvalue weighted by Gasteiger charge is -2.35. The topological polar surface area (TPSA) is 78.6 Å². The number of carbonyl (C=O) groups excluding carboxylic acids is 2. The Morgan fingerprint density at radius 2 is 1.66 bits per heavy atom. The average Bonchev–Trinajstić information content (AvgIpc) is 2.74. The zero-order chi connectivity index (χ0) is 20.4. The molecule has 2 N–H and O–H groups in total. The molecule has 2 aromatic rings. The van der Waals surface area contributed by atoms with Crippen LogP contribution in [0.5, 0.6) is 0 Å². The average molecular weight is 389 g/mol. The molecule has 1 heterocycles. The lowest BCUT2D eigenvalue weighted by molar-refractivity contribution is -0.139. The number of ketones is 1. The molecule has 0 bridgehead atoms. The van der Waals surface area contributed by atoms with E-state index >= 15 is 0 Å². The van der Waals surface area contributed by atoms with Crippen molar-refractivity contribution in [3.63, 3.8) is 0 Å². The largest absolute Gasteiger partial charge is 0.462 e. The molecule has 0 spiro atoms. The van der Waals surface area contributed by atoms with E-state index in [2.05, 4.69) is 0 Å². The third-order valence-corrected chi connectivity index (χ3v) is 5.44. The highest BCUT2D eigenvalue weighted by molar-refractivity contribution is 6.03. The number of rotatable bonds is 4. The van der Waals surface area contributed by atoms with Crippen LogP contribution in [0.25, 0.3) is 0 Å². The van der Waals surface area contributed by atoms with Gasteiger partial charge in [-0.3, -0.25) is 4.79 Å². The summed E-state index contributed by atoms with van der Waals surface area (Å²) in [5, 5.41) is 0. The quantitative estimate of drug-likeness (QED) is 0.802. The number of hydrogen-bond acceptors (Lipinski definition) is 5. The number of allylic oxidation sites excluding steroid dienone is 2. The number of carbonyl (C=O) groups is 2. The molecule has 5 nitrogen and oxygen atoms in total. The number of Topliss-reactive ketones (excluding diaryl/α,β-unsaturated/α-hetero) is 1. The number of hydrogen-bond donors (Lipinski definition) is 1. The minimum atomic E-state index is -0.580. The van der Waals surface area contributed by atoms with Crippen LogP contribution in [0.1, 0.15) is 42.7 Å². The van der Waals surface area contributed by atoms with Gasteiger partial charge >= 0.3 is 5.97 Å². The molecule has 5 heteroatoms. The van der Waals surface area contributed by atoms with Crippen LogP contribution in [0.3, 0.4) is 0 Å². The van der Waals surface area contributed by atoms with Gasteiger partial charge in [-0.2, -0.15) is 0 Å². The van der Waals surface area contributed by atoms with Gasteiger partial charge in [0.15, 0.2) is 5.78 Å². The summed E-state index contributed by atoms with van der Waals surface area (Å²) in [6.45, 7) is 1.95. The highest BCUT2D eigenvalue weighted by Gasteiger charge is 2.43. The second-order valence-corrected chi connectivity index (χ2v) is 7.22. The molecule has 0 unspecified atom stereocenters. The third-order valence-electron chi connectivity index (χ3n) is 5.44. The highest BCUT2D eigenvalue weighted by atomic mass is 16.5. The van der Waals surface area contributed by atoms with Gasteiger partial charge in [0.1, 0.15) is 11.3 Å². The normalized spacial score (nSPS) is 21.5. The molecule has 0 fully saturated rings. The smallest absolute Gasteiger partial charge is 0.340 e. The van der Waals surface area contributed by atoms with Gasteiger partial charge in [-0.05, 0) is 24.0 Å². The van der Waals surface area contributed by atoms with Crippen LogP contribution in [-0.4, -0.2) is 18.4 Å². The predicted octanol–water partition coefficient (Wildman–Crippen LogP) is 3.93. The molecule has 0 aromatic heterocycles. The van der Waals surface area contributed by atoms with E-state index in [9.17, 15) is 9.59 Å². The summed E-state index contributed by atoms with van der Waals surface area (Å²) in [5.41, 5.74) is 8.81. The molecular formula is C24H23NO4. The van der Waals surface area contributed by atoms with Crippen LogP contribution < -0.4 is 5.73 Å². The molecule has 4 rings (SSSR count). The standard InChI is InChI=1S/C24H23NO4/c1-2-28-24(27)22-20(16-11-7-4-8-12-16)21-18(26)13-17(14-19(21)29-23(22)25)15-9-5-3-6-10-15/h3-12,17,20H,2,13-14,25H2,1H3/t17-,20+/m1/s1. The van der Waals surface area contributed by atoms with Gasteiger partial charge in [-0.15, -0.1) is 0 Å². The first kappa shape index (κ1) is 19.0. The van der Waals surface area contributed by atoms with Crippen LogP contribution in [0.2, 0.25) is 0 Å². The van der Waals surface area contributed by atoms with E-state index in [4.69, 9.17) is 15.2 Å². The number of esters is 1. The molecule has 0 amide bonds. The lowest BCUT2D eigenvalue weighted by atomic mass is 9.73. The molecule has 1 aliphatic carbocycles. The SMILES string of the molecule is CCOC(=O)C1=C(N)OC2=C(C(=O)C[C@@H](c3ccccc3)C2)[C@@H]1c1ccccc1. The Bertz CT molecular complexity index is 992. The van der Waals surface area contributed by atoms with Crippen LogP contribution in [-0.2, 0) is 19.1 Å². The lowest BCUT2D eigenvalue weighted by Crippen LogP contribution is -2.33. The van der Waals surface area contributed by atoms with Crippen molar-refractivity contribution >= 4 is 11.8 Å². The first-order valence-corrected chi connectivity index (χ1v) is 9.80. The minimum Gasteiger partial charge on any atom is -0.462 e. The van der Waals surface area contributed by atoms with E-state index in [-0.39, 0.29) is 29.8 Å². The van der Waals surface area contributed by atoms with Crippen molar-refractivity contribution in [1.29, 1.82) is 0 Å². The second-order valence-electron chi connectivity index (χ2n) is 7.22. The molecule has 29 heavy (non-hydrogen) atoms. The highest BCUT2D eigenvalue weighted by Crippen LogP contribution is 2.47. The van der Waals surface area contributed by atoms with Crippen molar-refractivity contribution < 1.29 is 19.1 Å². The second kappa shape index (κ2) is 7.95. The van der Waals surface area contributed by atoms with E-state index in [1.54, 1.807) is 6.92 Å². The van der Waals surface area contributed by atoms with Crippen molar-refractivity contribution in [3.8, 4) is 0 Å². The Hall–Kier alpha value is -3.34. The Kier molecular flexibility index (Phi) is 5.21. The molecule has 1 aliphatic heterocycles. The summed E-state index contributed by atoms with van der Waals surface area (Å²) in [7, 11) is 0. The zero-order valence-corrected chi connectivity index (χ0v) is 16.3. The van der Waals surface area contributed by atoms with Gasteiger partial charge in [-0.1, -0.05) is 60.7 Å². The Balaban J connectivity index is 1.79. The van der Waals surface area contributed by atoms with Crippen molar-refractivity contribution in [2.45, 2.75) is 31.6 Å². The molecule has 0 saturated carbocycles. The monoisotopic (exact) mass is 389 g/mol. The molecular weight excluding hydrogens is 366 g/mol. The van der Waals surface area contributed by atoms with Crippen molar-refractivity contribution in [3.05, 3.63) is 94.6 Å². The number of nitrogens with two attached hydrogens (primary N) is 1. The van der Waals surface area contributed by atoms with Crippen LogP contribution >= 0.6 is 0 Å². The summed E-state index contributed by atoms with van der Waals surface area (Å²) in [6.07, 6.45) is 0.927. The van der Waals surface area contributed by atoms with Crippen LogP contribution in [0.15, 0.2) is 83.5 Å². The van der Waals surface area contributed by atoms with E-state index in [0.717, 1.165) is 11.1 Å². The molecule has 0 radical (unpaired) electrons. The van der Waals surface area contributed by atoms with Gasteiger partial charge < -0.3 is 15.2 Å². The maximum Gasteiger partial charge on any atom is 0.340 e. The summed E-state index contributed by atoms with van der Waals surface area (Å²) >= 11 is 0. The van der Waals surface area contributed by atoms with E-state index in [1.807, 2.05) is 60.7 Å². The van der Waals surface area contributed by atoms with Gasteiger partial charge in [0.05, 0.1) is 12.5 Å². The zero-order valence-electron chi connectivity index (χ0n) is 16.3. The molecule has 0 saturated heterocycles. The van der Waals surface area contributed by atoms with Crippen molar-refractivity contribution in [2.24, 2.45) is 5.73 Å². The number of ether oxygens (including phenoxy) is 2. The molecule has 2 aromatic carbocycles. The Labute approximate surface area is 169 Å². The van der Waals surface area contributed by atoms with Crippen molar-refractivity contribution in [2.75, 3.05) is 6.61 Å². The first-order chi connectivity index (χ1) is 14.1. The van der Waals surface area contributed by atoms with Gasteiger partial charge in [0, 0.05) is 18.4 Å². The fourth-order valence-electron chi connectivity index (χ4n) is 4.16. The van der Waals surface area contributed by atoms with Gasteiger partial charge in [0.2, 0.25) is 5.88 Å². The van der Waals surface area contributed by atoms with Gasteiger partial charge in [0.25, 0.3) is 0 Å². The van der Waals surface area contributed by atoms with E-state index in [0.29, 0.717) is 24.2 Å². The fourth-order valence-corrected chi connectivity index (χ4v) is 4.16. The fraction of sp³-hybridized carbons (Fsp3) is 0.250. The first-order valence-electron chi connectivity index (χ1n) is 9.80. The molecule has 2 atom stereocenters. The van der Waals surface area contributed by atoms with E-state index < -0.39 is 11.9 Å². The third kappa shape index (κ3) is 3.56. The molecule has 148 valence electrons. The summed E-state index contributed by atoms with van der Waals surface area (Å²) < 4.78 is 11.1.